The lowest BCUT2D eigenvalue weighted by molar-refractivity contribution is -0.133. The van der Waals surface area contributed by atoms with Crippen LogP contribution >= 0.6 is 0 Å². The second kappa shape index (κ2) is 8.72. The molecule has 1 fully saturated rings. The fraction of sp³-hybridized carbons (Fsp3) is 0.407. The van der Waals surface area contributed by atoms with Crippen molar-refractivity contribution in [1.82, 2.24) is 20.1 Å². The van der Waals surface area contributed by atoms with Gasteiger partial charge in [0.05, 0.1) is 0 Å². The van der Waals surface area contributed by atoms with Crippen molar-refractivity contribution in [2.45, 2.75) is 57.8 Å². The van der Waals surface area contributed by atoms with Gasteiger partial charge in [-0.1, -0.05) is 12.1 Å². The Bertz CT molecular complexity index is 1380. The van der Waals surface area contributed by atoms with E-state index in [4.69, 9.17) is 0 Å². The molecule has 0 saturated carbocycles. The number of aromatic nitrogens is 1. The van der Waals surface area contributed by atoms with Crippen LogP contribution in [0.3, 0.4) is 0 Å². The number of benzene rings is 2. The molecule has 2 unspecified atom stereocenters. The predicted octanol–water partition coefficient (Wildman–Crippen LogP) is 4.53. The number of nitrogens with zero attached hydrogens (tertiary/aromatic N) is 2. The molecule has 3 aromatic rings. The minimum atomic E-state index is -2.97. The van der Waals surface area contributed by atoms with Crippen LogP contribution in [0.15, 0.2) is 42.5 Å². The van der Waals surface area contributed by atoms with Crippen molar-refractivity contribution in [3.63, 3.8) is 0 Å². The van der Waals surface area contributed by atoms with Crippen LogP contribution in [-0.2, 0) is 11.2 Å². The zero-order valence-corrected chi connectivity index (χ0v) is 21.1. The van der Waals surface area contributed by atoms with Gasteiger partial charge in [0.1, 0.15) is 23.1 Å². The van der Waals surface area contributed by atoms with Crippen LogP contribution in [0.4, 0.5) is 13.6 Å². The monoisotopic (exact) mass is 512 g/mol. The molecule has 37 heavy (non-hydrogen) atoms. The topological polar surface area (TPSA) is 97.9 Å². The van der Waals surface area contributed by atoms with Gasteiger partial charge in [-0.3, -0.25) is 14.6 Å². The molecule has 3 heterocycles. The van der Waals surface area contributed by atoms with Crippen LogP contribution in [0.25, 0.3) is 10.9 Å². The normalized spacial score (nSPS) is 21.6. The van der Waals surface area contributed by atoms with Crippen LogP contribution < -0.4 is 10.1 Å². The number of carbonyl (C=O) groups is 2. The number of alkyl halides is 2. The van der Waals surface area contributed by atoms with Crippen molar-refractivity contribution >= 4 is 22.8 Å². The number of phenolic OH excluding ortho intramolecular Hbond substituents is 1. The summed E-state index contributed by atoms with van der Waals surface area (Å²) in [5, 5.41) is 14.2. The molecule has 1 aromatic heterocycles. The van der Waals surface area contributed by atoms with Gasteiger partial charge in [-0.2, -0.15) is 8.78 Å². The third-order valence-corrected chi connectivity index (χ3v) is 7.04. The summed E-state index contributed by atoms with van der Waals surface area (Å²) in [6.07, 6.45) is 0.198. The summed E-state index contributed by atoms with van der Waals surface area (Å²) in [6.45, 7) is 5.43. The van der Waals surface area contributed by atoms with E-state index in [0.717, 1.165) is 5.56 Å². The second-order valence-electron chi connectivity index (χ2n) is 10.8. The summed E-state index contributed by atoms with van der Waals surface area (Å²) in [7, 11) is 0. The Labute approximate surface area is 213 Å². The first-order chi connectivity index (χ1) is 17.4. The van der Waals surface area contributed by atoms with E-state index in [1.807, 2.05) is 20.8 Å². The van der Waals surface area contributed by atoms with Gasteiger partial charge in [0, 0.05) is 41.6 Å². The van der Waals surface area contributed by atoms with Gasteiger partial charge < -0.3 is 20.1 Å². The molecular formula is C27H30F2N4O4. The number of rotatable bonds is 6. The summed E-state index contributed by atoms with van der Waals surface area (Å²) in [5.41, 5.74) is 1.32. The first-order valence-corrected chi connectivity index (χ1v) is 12.2. The minimum Gasteiger partial charge on any atom is -0.508 e. The fourth-order valence-electron chi connectivity index (χ4n) is 5.45. The van der Waals surface area contributed by atoms with Crippen molar-refractivity contribution in [2.75, 3.05) is 13.1 Å². The summed E-state index contributed by atoms with van der Waals surface area (Å²) in [6, 6.07) is 10.1. The molecule has 10 heteroatoms. The molecule has 3 N–H and O–H groups in total. The van der Waals surface area contributed by atoms with Gasteiger partial charge in [-0.05, 0) is 69.2 Å². The Morgan fingerprint density at radius 1 is 1.22 bits per heavy atom. The summed E-state index contributed by atoms with van der Waals surface area (Å²) in [5.74, 6) is -0.285. The van der Waals surface area contributed by atoms with E-state index >= 15 is 0 Å². The third-order valence-electron chi connectivity index (χ3n) is 7.04. The van der Waals surface area contributed by atoms with Crippen molar-refractivity contribution in [3.05, 3.63) is 59.3 Å². The highest BCUT2D eigenvalue weighted by Crippen LogP contribution is 2.49. The number of amides is 3. The van der Waals surface area contributed by atoms with Gasteiger partial charge in [0.25, 0.3) is 5.91 Å². The Balaban J connectivity index is 1.63. The Hall–Kier alpha value is -3.66. The Kier molecular flexibility index (Phi) is 5.90. The Morgan fingerprint density at radius 2 is 1.97 bits per heavy atom. The number of nitrogens with one attached hydrogen (secondary N) is 2. The van der Waals surface area contributed by atoms with E-state index in [-0.39, 0.29) is 35.9 Å². The number of imide groups is 1. The van der Waals surface area contributed by atoms with E-state index in [1.165, 1.54) is 23.1 Å². The van der Waals surface area contributed by atoms with E-state index in [2.05, 4.69) is 15.0 Å². The zero-order chi connectivity index (χ0) is 26.7. The highest BCUT2D eigenvalue weighted by atomic mass is 19.3. The number of hydrogen-bond acceptors (Lipinski definition) is 5. The number of H-pyrrole nitrogens is 1. The number of carbonyl (C=O) groups excluding carboxylic acids is 2. The molecule has 0 radical (unpaired) electrons. The molecule has 0 spiro atoms. The van der Waals surface area contributed by atoms with Gasteiger partial charge in [0.2, 0.25) is 0 Å². The number of halogens is 2. The molecule has 0 bridgehead atoms. The Morgan fingerprint density at radius 3 is 2.65 bits per heavy atom. The molecule has 2 atom stereocenters. The zero-order valence-electron chi connectivity index (χ0n) is 21.1. The fourth-order valence-corrected chi connectivity index (χ4v) is 5.45. The van der Waals surface area contributed by atoms with Crippen LogP contribution in [0.2, 0.25) is 0 Å². The number of hydrogen-bond donors (Lipinski definition) is 3. The van der Waals surface area contributed by atoms with Crippen molar-refractivity contribution in [1.29, 1.82) is 0 Å². The lowest BCUT2D eigenvalue weighted by Crippen LogP contribution is -2.53. The van der Waals surface area contributed by atoms with Gasteiger partial charge in [-0.15, -0.1) is 0 Å². The first kappa shape index (κ1) is 25.0. The molecule has 2 aromatic carbocycles. The maximum Gasteiger partial charge on any atom is 0.387 e. The van der Waals surface area contributed by atoms with Crippen molar-refractivity contribution < 1.29 is 28.2 Å². The molecule has 1 saturated heterocycles. The predicted molar refractivity (Wildman–Crippen MR) is 134 cm³/mol. The molecule has 196 valence electrons. The van der Waals surface area contributed by atoms with E-state index in [1.54, 1.807) is 36.1 Å². The lowest BCUT2D eigenvalue weighted by atomic mass is 9.81. The summed E-state index contributed by atoms with van der Waals surface area (Å²) < 4.78 is 30.4. The van der Waals surface area contributed by atoms with E-state index < -0.39 is 24.2 Å². The van der Waals surface area contributed by atoms with Crippen LogP contribution in [-0.4, -0.2) is 62.6 Å². The maximum atomic E-state index is 13.8. The molecule has 2 aliphatic heterocycles. The average molecular weight is 513 g/mol. The largest absolute Gasteiger partial charge is 0.508 e. The minimum absolute atomic E-state index is 0.00879. The van der Waals surface area contributed by atoms with Gasteiger partial charge in [0.15, 0.2) is 0 Å². The number of phenols is 1. The van der Waals surface area contributed by atoms with Crippen molar-refractivity contribution in [2.24, 2.45) is 0 Å². The number of urea groups is 1. The second-order valence-corrected chi connectivity index (χ2v) is 10.8. The van der Waals surface area contributed by atoms with Crippen LogP contribution in [0.1, 0.15) is 50.6 Å². The van der Waals surface area contributed by atoms with Crippen LogP contribution in [0, 0.1) is 0 Å². The molecule has 8 nitrogen and oxygen atoms in total. The maximum absolute atomic E-state index is 13.8. The molecule has 5 rings (SSSR count). The molecule has 2 aliphatic rings. The number of aromatic amines is 1. The third kappa shape index (κ3) is 4.29. The standard InChI is InChI=1S/C27H30F2N4O4/c1-26(2,3)30-10-11-32-23(35)27(4)14-19-18-13-17(37-24(28)29)8-9-20(18)31-21(19)22(33(27)25(32)36)15-6-5-7-16(34)12-15/h5-9,12-13,22,24,30-31,34H,10-11,14H2,1-4H3. The lowest BCUT2D eigenvalue weighted by Gasteiger charge is -2.42. The van der Waals surface area contributed by atoms with E-state index in [9.17, 15) is 23.5 Å². The van der Waals surface area contributed by atoms with Crippen LogP contribution in [0.5, 0.6) is 11.5 Å². The highest BCUT2D eigenvalue weighted by Gasteiger charge is 2.60. The summed E-state index contributed by atoms with van der Waals surface area (Å²) in [4.78, 5) is 33.8. The molecule has 3 amide bonds. The first-order valence-electron chi connectivity index (χ1n) is 12.2. The average Bonchev–Trinajstić information content (AvgIpc) is 3.24. The molecular weight excluding hydrogens is 482 g/mol. The molecule has 0 aliphatic carbocycles. The highest BCUT2D eigenvalue weighted by molar-refractivity contribution is 6.08. The van der Waals surface area contributed by atoms with E-state index in [0.29, 0.717) is 28.7 Å². The number of ether oxygens (including phenoxy) is 1. The van der Waals surface area contributed by atoms with Gasteiger partial charge >= 0.3 is 12.6 Å². The smallest absolute Gasteiger partial charge is 0.387 e. The SMILES string of the molecule is CC(C)(C)NCCN1C(=O)N2C(c3cccc(O)c3)c3[nH]c4ccc(OC(F)F)cc4c3CC2(C)C1=O. The summed E-state index contributed by atoms with van der Waals surface area (Å²) >= 11 is 0. The quantitative estimate of drug-likeness (QED) is 0.422. The van der Waals surface area contributed by atoms with Gasteiger partial charge in [-0.25, -0.2) is 4.79 Å². The number of aromatic hydroxyl groups is 1. The van der Waals surface area contributed by atoms with Crippen molar-refractivity contribution in [3.8, 4) is 11.5 Å². The number of fused-ring (bicyclic) bond motifs is 4.